The van der Waals surface area contributed by atoms with Crippen molar-refractivity contribution in [3.05, 3.63) is 71.2 Å². The SMILES string of the molecule is O=C(NO)c1ccc(-c2cccc(CNCCOc3ccccc3)n2)s1. The standard InChI is InChI=1S/C19H19N3O3S/c23-19(22-24)18-10-9-17(26-18)16-8-4-5-14(21-16)13-20-11-12-25-15-6-2-1-3-7-15/h1-10,20,24H,11-13H2,(H,22,23). The van der Waals surface area contributed by atoms with Crippen LogP contribution in [-0.4, -0.2) is 29.3 Å². The molecule has 1 aromatic carbocycles. The van der Waals surface area contributed by atoms with Gasteiger partial charge in [-0.2, -0.15) is 0 Å². The van der Waals surface area contributed by atoms with Crippen molar-refractivity contribution in [2.24, 2.45) is 0 Å². The second-order valence-electron chi connectivity index (χ2n) is 5.46. The number of para-hydroxylation sites is 1. The van der Waals surface area contributed by atoms with Crippen LogP contribution in [0.1, 0.15) is 15.4 Å². The van der Waals surface area contributed by atoms with E-state index in [-0.39, 0.29) is 0 Å². The summed E-state index contributed by atoms with van der Waals surface area (Å²) in [5.41, 5.74) is 3.34. The average molecular weight is 369 g/mol. The molecule has 0 aliphatic rings. The fourth-order valence-electron chi connectivity index (χ4n) is 2.34. The molecule has 2 heterocycles. The number of carbonyl (C=O) groups excluding carboxylic acids is 1. The molecule has 6 nitrogen and oxygen atoms in total. The number of hydrogen-bond donors (Lipinski definition) is 3. The maximum atomic E-state index is 11.4. The first-order valence-corrected chi connectivity index (χ1v) is 8.97. The molecule has 0 aliphatic heterocycles. The first-order chi connectivity index (χ1) is 12.8. The third-order valence-electron chi connectivity index (χ3n) is 3.59. The topological polar surface area (TPSA) is 83.5 Å². The van der Waals surface area contributed by atoms with Gasteiger partial charge in [0, 0.05) is 13.1 Å². The van der Waals surface area contributed by atoms with Gasteiger partial charge in [-0.25, -0.2) is 5.48 Å². The van der Waals surface area contributed by atoms with Gasteiger partial charge in [-0.1, -0.05) is 24.3 Å². The lowest BCUT2D eigenvalue weighted by molar-refractivity contribution is 0.0711. The van der Waals surface area contributed by atoms with Gasteiger partial charge in [0.2, 0.25) is 0 Å². The zero-order valence-corrected chi connectivity index (χ0v) is 14.8. The number of hydroxylamine groups is 1. The number of benzene rings is 1. The maximum Gasteiger partial charge on any atom is 0.284 e. The molecule has 3 rings (SSSR count). The van der Waals surface area contributed by atoms with Crippen molar-refractivity contribution >= 4 is 17.2 Å². The molecule has 0 aliphatic carbocycles. The smallest absolute Gasteiger partial charge is 0.284 e. The Kier molecular flexibility index (Phi) is 6.32. The molecule has 0 spiro atoms. The van der Waals surface area contributed by atoms with Gasteiger partial charge in [0.25, 0.3) is 5.91 Å². The number of rotatable bonds is 8. The van der Waals surface area contributed by atoms with Crippen molar-refractivity contribution in [2.45, 2.75) is 6.54 Å². The van der Waals surface area contributed by atoms with E-state index in [9.17, 15) is 4.79 Å². The van der Waals surface area contributed by atoms with Crippen LogP contribution in [0.4, 0.5) is 0 Å². The molecule has 0 unspecified atom stereocenters. The Labute approximate surface area is 155 Å². The molecule has 0 bridgehead atoms. The Bertz CT molecular complexity index is 852. The maximum absolute atomic E-state index is 11.4. The fraction of sp³-hybridized carbons (Fsp3) is 0.158. The molecular formula is C19H19N3O3S. The normalized spacial score (nSPS) is 10.5. The predicted molar refractivity (Wildman–Crippen MR) is 100 cm³/mol. The second kappa shape index (κ2) is 9.10. The minimum Gasteiger partial charge on any atom is -0.492 e. The summed E-state index contributed by atoms with van der Waals surface area (Å²) in [4.78, 5) is 17.4. The number of thiophene rings is 1. The minimum atomic E-state index is -0.516. The monoisotopic (exact) mass is 369 g/mol. The van der Waals surface area contributed by atoms with E-state index < -0.39 is 5.91 Å². The Balaban J connectivity index is 1.51. The molecule has 134 valence electrons. The van der Waals surface area contributed by atoms with E-state index in [1.54, 1.807) is 11.5 Å². The fourth-order valence-corrected chi connectivity index (χ4v) is 3.21. The van der Waals surface area contributed by atoms with Crippen LogP contribution in [0.15, 0.2) is 60.7 Å². The van der Waals surface area contributed by atoms with E-state index in [2.05, 4.69) is 10.3 Å². The van der Waals surface area contributed by atoms with Crippen LogP contribution in [0.2, 0.25) is 0 Å². The molecule has 0 fully saturated rings. The Morgan fingerprint density at radius 3 is 2.73 bits per heavy atom. The van der Waals surface area contributed by atoms with Crippen LogP contribution >= 0.6 is 11.3 Å². The highest BCUT2D eigenvalue weighted by molar-refractivity contribution is 7.17. The highest BCUT2D eigenvalue weighted by atomic mass is 32.1. The quantitative estimate of drug-likeness (QED) is 0.323. The zero-order valence-electron chi connectivity index (χ0n) is 14.0. The van der Waals surface area contributed by atoms with Gasteiger partial charge in [0.1, 0.15) is 12.4 Å². The van der Waals surface area contributed by atoms with Crippen molar-refractivity contribution in [3.63, 3.8) is 0 Å². The number of ether oxygens (including phenoxy) is 1. The predicted octanol–water partition coefficient (Wildman–Crippen LogP) is 3.10. The number of pyridine rings is 1. The summed E-state index contributed by atoms with van der Waals surface area (Å²) in [5, 5.41) is 12.0. The van der Waals surface area contributed by atoms with E-state index >= 15 is 0 Å². The number of hydrogen-bond acceptors (Lipinski definition) is 6. The molecule has 7 heteroatoms. The van der Waals surface area contributed by atoms with Gasteiger partial charge < -0.3 is 10.1 Å². The number of carbonyl (C=O) groups is 1. The van der Waals surface area contributed by atoms with Crippen molar-refractivity contribution < 1.29 is 14.7 Å². The van der Waals surface area contributed by atoms with Gasteiger partial charge >= 0.3 is 0 Å². The number of aromatic nitrogens is 1. The van der Waals surface area contributed by atoms with E-state index in [0.717, 1.165) is 22.0 Å². The summed E-state index contributed by atoms with van der Waals surface area (Å²) < 4.78 is 5.63. The van der Waals surface area contributed by atoms with Gasteiger partial charge in [-0.15, -0.1) is 11.3 Å². The molecular weight excluding hydrogens is 350 g/mol. The Hall–Kier alpha value is -2.74. The summed E-state index contributed by atoms with van der Waals surface area (Å²) in [5.74, 6) is 0.340. The average Bonchev–Trinajstić information content (AvgIpc) is 3.18. The first-order valence-electron chi connectivity index (χ1n) is 8.15. The van der Waals surface area contributed by atoms with E-state index in [1.165, 1.54) is 11.3 Å². The van der Waals surface area contributed by atoms with Crippen LogP contribution < -0.4 is 15.5 Å². The summed E-state index contributed by atoms with van der Waals surface area (Å²) >= 11 is 1.28. The van der Waals surface area contributed by atoms with Crippen molar-refractivity contribution in [2.75, 3.05) is 13.2 Å². The van der Waals surface area contributed by atoms with Gasteiger partial charge in [-0.05, 0) is 36.4 Å². The Morgan fingerprint density at radius 1 is 1.08 bits per heavy atom. The molecule has 2 aromatic heterocycles. The lowest BCUT2D eigenvalue weighted by atomic mass is 10.2. The molecule has 3 N–H and O–H groups in total. The molecule has 3 aromatic rings. The van der Waals surface area contributed by atoms with E-state index in [1.807, 2.05) is 54.6 Å². The van der Waals surface area contributed by atoms with Crippen LogP contribution in [0.25, 0.3) is 10.6 Å². The highest BCUT2D eigenvalue weighted by Crippen LogP contribution is 2.26. The molecule has 1 amide bonds. The van der Waals surface area contributed by atoms with Gasteiger partial charge in [-0.3, -0.25) is 15.0 Å². The van der Waals surface area contributed by atoms with Crippen molar-refractivity contribution in [1.82, 2.24) is 15.8 Å². The summed E-state index contributed by atoms with van der Waals surface area (Å²) in [6.45, 7) is 1.91. The third-order valence-corrected chi connectivity index (χ3v) is 4.69. The van der Waals surface area contributed by atoms with Gasteiger partial charge in [0.05, 0.1) is 21.1 Å². The highest BCUT2D eigenvalue weighted by Gasteiger charge is 2.10. The number of amides is 1. The molecule has 0 saturated carbocycles. The summed E-state index contributed by atoms with van der Waals surface area (Å²) in [7, 11) is 0. The molecule has 0 radical (unpaired) electrons. The van der Waals surface area contributed by atoms with Crippen molar-refractivity contribution in [1.29, 1.82) is 0 Å². The van der Waals surface area contributed by atoms with E-state index in [4.69, 9.17) is 9.94 Å². The summed E-state index contributed by atoms with van der Waals surface area (Å²) in [6, 6.07) is 19.0. The largest absolute Gasteiger partial charge is 0.492 e. The van der Waals surface area contributed by atoms with Crippen molar-refractivity contribution in [3.8, 4) is 16.3 Å². The Morgan fingerprint density at radius 2 is 1.92 bits per heavy atom. The second-order valence-corrected chi connectivity index (χ2v) is 6.54. The number of nitrogens with one attached hydrogen (secondary N) is 2. The van der Waals surface area contributed by atoms with Gasteiger partial charge in [0.15, 0.2) is 0 Å². The van der Waals surface area contributed by atoms with Crippen LogP contribution in [-0.2, 0) is 6.54 Å². The van der Waals surface area contributed by atoms with Crippen LogP contribution in [0.3, 0.4) is 0 Å². The summed E-state index contributed by atoms with van der Waals surface area (Å²) in [6.07, 6.45) is 0. The lowest BCUT2D eigenvalue weighted by Gasteiger charge is -2.08. The first kappa shape index (κ1) is 18.1. The third kappa shape index (κ3) is 4.89. The molecule has 0 saturated heterocycles. The minimum absolute atomic E-state index is 0.436. The zero-order chi connectivity index (χ0) is 18.2. The lowest BCUT2D eigenvalue weighted by Crippen LogP contribution is -2.21. The van der Waals surface area contributed by atoms with Crippen LogP contribution in [0, 0.1) is 0 Å². The van der Waals surface area contributed by atoms with E-state index in [0.29, 0.717) is 24.6 Å². The number of nitrogens with zero attached hydrogens (tertiary/aromatic N) is 1. The molecule has 0 atom stereocenters. The van der Waals surface area contributed by atoms with Crippen LogP contribution in [0.5, 0.6) is 5.75 Å². The molecule has 26 heavy (non-hydrogen) atoms.